The number of anilines is 1. The number of pyridine rings is 1. The van der Waals surface area contributed by atoms with Crippen LogP contribution in [0.1, 0.15) is 49.9 Å². The van der Waals surface area contributed by atoms with Gasteiger partial charge in [0, 0.05) is 5.56 Å². The lowest BCUT2D eigenvalue weighted by molar-refractivity contribution is -0.149. The molecule has 1 aliphatic heterocycles. The number of nitriles is 2. The van der Waals surface area contributed by atoms with E-state index in [1.54, 1.807) is 32.0 Å². The zero-order valence-corrected chi connectivity index (χ0v) is 16.4. The van der Waals surface area contributed by atoms with Gasteiger partial charge in [0.2, 0.25) is 6.79 Å². The average molecular weight is 392 g/mol. The highest BCUT2D eigenvalue weighted by Gasteiger charge is 2.29. The van der Waals surface area contributed by atoms with Gasteiger partial charge in [-0.2, -0.15) is 10.5 Å². The third-order valence-corrected chi connectivity index (χ3v) is 4.79. The van der Waals surface area contributed by atoms with Crippen molar-refractivity contribution in [3.63, 3.8) is 0 Å². The van der Waals surface area contributed by atoms with Gasteiger partial charge in [0.15, 0.2) is 11.5 Å². The lowest BCUT2D eigenvalue weighted by Gasteiger charge is -2.19. The van der Waals surface area contributed by atoms with E-state index < -0.39 is 11.9 Å². The summed E-state index contributed by atoms with van der Waals surface area (Å²) >= 11 is 0. The Hall–Kier alpha value is -3.78. The van der Waals surface area contributed by atoms with Crippen molar-refractivity contribution in [3.05, 3.63) is 35.0 Å². The molecule has 0 fully saturated rings. The molecule has 0 aliphatic carbocycles. The molecule has 0 bridgehead atoms. The van der Waals surface area contributed by atoms with Gasteiger partial charge >= 0.3 is 5.97 Å². The molecule has 8 nitrogen and oxygen atoms in total. The predicted octanol–water partition coefficient (Wildman–Crippen LogP) is 3.25. The number of ether oxygens (including phenoxy) is 3. The van der Waals surface area contributed by atoms with E-state index in [9.17, 15) is 15.3 Å². The van der Waals surface area contributed by atoms with Crippen molar-refractivity contribution in [1.82, 2.24) is 4.98 Å². The van der Waals surface area contributed by atoms with Crippen LogP contribution in [0.2, 0.25) is 0 Å². The first-order chi connectivity index (χ1) is 13.9. The fraction of sp³-hybridized carbons (Fsp3) is 0.333. The minimum absolute atomic E-state index is 0.0580. The molecule has 29 heavy (non-hydrogen) atoms. The topological polar surface area (TPSA) is 131 Å². The number of benzene rings is 1. The zero-order chi connectivity index (χ0) is 21.1. The van der Waals surface area contributed by atoms with Crippen LogP contribution in [0.4, 0.5) is 5.82 Å². The Labute approximate surface area is 168 Å². The second-order valence-electron chi connectivity index (χ2n) is 6.68. The van der Waals surface area contributed by atoms with Gasteiger partial charge in [-0.05, 0) is 38.0 Å². The number of esters is 1. The summed E-state index contributed by atoms with van der Waals surface area (Å²) in [4.78, 5) is 16.7. The molecule has 0 amide bonds. The fourth-order valence-electron chi connectivity index (χ4n) is 3.00. The molecule has 2 unspecified atom stereocenters. The maximum Gasteiger partial charge on any atom is 0.315 e. The third kappa shape index (κ3) is 3.65. The number of carbonyl (C=O) groups is 1. The largest absolute Gasteiger partial charge is 0.462 e. The molecule has 2 N–H and O–H groups in total. The number of carbonyl (C=O) groups excluding carboxylic acids is 1. The molecule has 0 spiro atoms. The maximum atomic E-state index is 12.5. The van der Waals surface area contributed by atoms with E-state index in [0.29, 0.717) is 29.0 Å². The lowest BCUT2D eigenvalue weighted by atomic mass is 9.91. The highest BCUT2D eigenvalue weighted by molar-refractivity contribution is 5.86. The Morgan fingerprint density at radius 2 is 1.93 bits per heavy atom. The number of fused-ring (bicyclic) bond motifs is 1. The van der Waals surface area contributed by atoms with Crippen LogP contribution in [0.3, 0.4) is 0 Å². The molecule has 0 saturated heterocycles. The molecule has 2 atom stereocenters. The van der Waals surface area contributed by atoms with Crippen LogP contribution in [0.15, 0.2) is 18.2 Å². The molecule has 8 heteroatoms. The van der Waals surface area contributed by atoms with E-state index in [1.165, 1.54) is 0 Å². The van der Waals surface area contributed by atoms with Crippen LogP contribution in [0.25, 0.3) is 11.1 Å². The molecule has 1 aliphatic rings. The van der Waals surface area contributed by atoms with E-state index >= 15 is 0 Å². The molecule has 1 aromatic heterocycles. The smallest absolute Gasteiger partial charge is 0.315 e. The highest BCUT2D eigenvalue weighted by atomic mass is 16.7. The molecule has 0 radical (unpaired) electrons. The first-order valence-electron chi connectivity index (χ1n) is 9.15. The number of nitrogen functional groups attached to an aromatic ring is 1. The minimum atomic E-state index is -0.832. The van der Waals surface area contributed by atoms with Crippen molar-refractivity contribution < 1.29 is 19.0 Å². The van der Waals surface area contributed by atoms with Gasteiger partial charge in [0.05, 0.1) is 23.3 Å². The number of aromatic nitrogens is 1. The third-order valence-electron chi connectivity index (χ3n) is 4.79. The minimum Gasteiger partial charge on any atom is -0.462 e. The highest BCUT2D eigenvalue weighted by Crippen LogP contribution is 2.40. The van der Waals surface area contributed by atoms with Crippen molar-refractivity contribution in [2.45, 2.75) is 39.2 Å². The Bertz CT molecular complexity index is 1050. The fourth-order valence-corrected chi connectivity index (χ4v) is 3.00. The number of hydrogen-bond acceptors (Lipinski definition) is 8. The van der Waals surface area contributed by atoms with E-state index in [-0.39, 0.29) is 35.5 Å². The Balaban J connectivity index is 2.17. The molecule has 148 valence electrons. The molecule has 2 heterocycles. The van der Waals surface area contributed by atoms with Gasteiger partial charge in [-0.1, -0.05) is 13.0 Å². The first-order valence-corrected chi connectivity index (χ1v) is 9.15. The summed E-state index contributed by atoms with van der Waals surface area (Å²) < 4.78 is 16.1. The van der Waals surface area contributed by atoms with Crippen LogP contribution in [0.5, 0.6) is 11.5 Å². The SMILES string of the molecule is CCC(C)OC(=O)C(C)c1nc(N)c(C#N)c(-c2ccc3c(c2)OCO3)c1C#N. The second-order valence-corrected chi connectivity index (χ2v) is 6.68. The summed E-state index contributed by atoms with van der Waals surface area (Å²) in [5.74, 6) is -0.335. The summed E-state index contributed by atoms with van der Waals surface area (Å²) in [7, 11) is 0. The van der Waals surface area contributed by atoms with Crippen molar-refractivity contribution >= 4 is 11.8 Å². The standard InChI is InChI=1S/C21H20N4O4/c1-4-11(2)29-21(26)12(3)19-14(8-22)18(15(9-23)20(24)25-19)13-5-6-16-17(7-13)28-10-27-16/h5-7,11-12H,4,10H2,1-3H3,(H2,24,25). The van der Waals surface area contributed by atoms with Crippen molar-refractivity contribution in [1.29, 1.82) is 10.5 Å². The molecule has 2 aromatic rings. The summed E-state index contributed by atoms with van der Waals surface area (Å²) in [6, 6.07) is 9.17. The molecular formula is C21H20N4O4. The number of hydrogen-bond donors (Lipinski definition) is 1. The Morgan fingerprint density at radius 1 is 1.24 bits per heavy atom. The van der Waals surface area contributed by atoms with Gasteiger partial charge in [-0.3, -0.25) is 4.79 Å². The summed E-state index contributed by atoms with van der Waals surface area (Å²) in [5.41, 5.74) is 7.20. The van der Waals surface area contributed by atoms with E-state index in [0.717, 1.165) is 0 Å². The Kier molecular flexibility index (Phi) is 5.56. The Morgan fingerprint density at radius 3 is 2.59 bits per heavy atom. The van der Waals surface area contributed by atoms with Gasteiger partial charge < -0.3 is 19.9 Å². The monoisotopic (exact) mass is 392 g/mol. The molecule has 0 saturated carbocycles. The summed E-state index contributed by atoms with van der Waals surface area (Å²) in [6.45, 7) is 5.38. The molecule has 1 aromatic carbocycles. The van der Waals surface area contributed by atoms with Gasteiger partial charge in [-0.15, -0.1) is 0 Å². The van der Waals surface area contributed by atoms with E-state index in [2.05, 4.69) is 11.1 Å². The van der Waals surface area contributed by atoms with Gasteiger partial charge in [-0.25, -0.2) is 4.98 Å². The normalized spacial score (nSPS) is 13.8. The van der Waals surface area contributed by atoms with Crippen LogP contribution in [-0.4, -0.2) is 23.9 Å². The van der Waals surface area contributed by atoms with E-state index in [4.69, 9.17) is 19.9 Å². The maximum absolute atomic E-state index is 12.5. The lowest BCUT2D eigenvalue weighted by Crippen LogP contribution is -2.21. The zero-order valence-electron chi connectivity index (χ0n) is 16.4. The van der Waals surface area contributed by atoms with E-state index in [1.807, 2.05) is 13.0 Å². The van der Waals surface area contributed by atoms with Gasteiger partial charge in [0.25, 0.3) is 0 Å². The molecule has 3 rings (SSSR count). The average Bonchev–Trinajstić information content (AvgIpc) is 3.19. The van der Waals surface area contributed by atoms with Crippen molar-refractivity contribution in [2.24, 2.45) is 0 Å². The predicted molar refractivity (Wildman–Crippen MR) is 104 cm³/mol. The second kappa shape index (κ2) is 8.07. The van der Waals surface area contributed by atoms with Crippen molar-refractivity contribution in [3.8, 4) is 34.8 Å². The van der Waals surface area contributed by atoms with Crippen LogP contribution >= 0.6 is 0 Å². The van der Waals surface area contributed by atoms with Gasteiger partial charge in [0.1, 0.15) is 23.5 Å². The number of nitrogens with two attached hydrogens (primary N) is 1. The van der Waals surface area contributed by atoms with Crippen molar-refractivity contribution in [2.75, 3.05) is 12.5 Å². The first kappa shape index (κ1) is 20.0. The number of nitrogens with zero attached hydrogens (tertiary/aromatic N) is 3. The number of rotatable bonds is 5. The summed E-state index contributed by atoms with van der Waals surface area (Å²) in [6.07, 6.45) is 0.397. The van der Waals surface area contributed by atoms with Crippen LogP contribution in [-0.2, 0) is 9.53 Å². The summed E-state index contributed by atoms with van der Waals surface area (Å²) in [5, 5.41) is 19.5. The quantitative estimate of drug-likeness (QED) is 0.767. The van der Waals surface area contributed by atoms with Crippen LogP contribution in [0, 0.1) is 22.7 Å². The van der Waals surface area contributed by atoms with Crippen LogP contribution < -0.4 is 15.2 Å². The molecular weight excluding hydrogens is 372 g/mol.